The number of hydrogen-bond acceptors (Lipinski definition) is 4. The van der Waals surface area contributed by atoms with E-state index in [4.69, 9.17) is 9.15 Å². The van der Waals surface area contributed by atoms with E-state index in [2.05, 4.69) is 27.8 Å². The average molecular weight is 288 g/mol. The van der Waals surface area contributed by atoms with Crippen LogP contribution in [0.3, 0.4) is 0 Å². The van der Waals surface area contributed by atoms with E-state index in [0.717, 1.165) is 0 Å². The van der Waals surface area contributed by atoms with Crippen LogP contribution >= 0.6 is 15.9 Å². The van der Waals surface area contributed by atoms with Gasteiger partial charge in [0.1, 0.15) is 5.76 Å². The van der Waals surface area contributed by atoms with Crippen LogP contribution in [0.25, 0.3) is 0 Å². The largest absolute Gasteiger partial charge is 0.467 e. The number of halogens is 1. The Morgan fingerprint density at radius 1 is 1.75 bits per heavy atom. The van der Waals surface area contributed by atoms with Crippen molar-refractivity contribution in [2.45, 2.75) is 12.5 Å². The van der Waals surface area contributed by atoms with Crippen LogP contribution in [0.4, 0.5) is 0 Å². The van der Waals surface area contributed by atoms with E-state index in [-0.39, 0.29) is 0 Å². The van der Waals surface area contributed by atoms with Crippen LogP contribution in [-0.4, -0.2) is 19.6 Å². The third-order valence-electron chi connectivity index (χ3n) is 2.26. The van der Waals surface area contributed by atoms with Gasteiger partial charge in [0.2, 0.25) is 0 Å². The quantitative estimate of drug-likeness (QED) is 0.666. The molecule has 1 atom stereocenters. The molecule has 88 valence electrons. The van der Waals surface area contributed by atoms with Crippen molar-refractivity contribution in [3.63, 3.8) is 0 Å². The fraction of sp³-hybridized carbons (Fsp3) is 0.364. The van der Waals surface area contributed by atoms with Gasteiger partial charge in [0.25, 0.3) is 0 Å². The predicted octanol–water partition coefficient (Wildman–Crippen LogP) is 2.21. The van der Waals surface area contributed by atoms with Gasteiger partial charge in [0.05, 0.1) is 7.11 Å². The van der Waals surface area contributed by atoms with Gasteiger partial charge in [-0.05, 0) is 35.0 Å². The van der Waals surface area contributed by atoms with Crippen LogP contribution in [0, 0.1) is 0 Å². The van der Waals surface area contributed by atoms with Gasteiger partial charge < -0.3 is 9.15 Å². The van der Waals surface area contributed by atoms with Gasteiger partial charge in [-0.1, -0.05) is 6.08 Å². The molecular formula is C11H14BrNO3. The highest BCUT2D eigenvalue weighted by atomic mass is 79.9. The molecule has 1 heterocycles. The molecule has 1 N–H and O–H groups in total. The molecular weight excluding hydrogens is 274 g/mol. The Balaban J connectivity index is 3.03. The Bertz CT molecular complexity index is 388. The molecule has 0 bridgehead atoms. The molecule has 0 saturated heterocycles. The summed E-state index contributed by atoms with van der Waals surface area (Å²) in [7, 11) is 1.34. The third kappa shape index (κ3) is 2.54. The summed E-state index contributed by atoms with van der Waals surface area (Å²) in [6.45, 7) is 5.77. The third-order valence-corrected chi connectivity index (χ3v) is 2.69. The summed E-state index contributed by atoms with van der Waals surface area (Å²) in [6, 6.07) is 3.45. The van der Waals surface area contributed by atoms with E-state index >= 15 is 0 Å². The molecule has 0 aliphatic heterocycles. The van der Waals surface area contributed by atoms with Crippen molar-refractivity contribution in [1.29, 1.82) is 0 Å². The first-order chi connectivity index (χ1) is 7.54. The van der Waals surface area contributed by atoms with Gasteiger partial charge in [0, 0.05) is 6.54 Å². The second-order valence-electron chi connectivity index (χ2n) is 3.39. The van der Waals surface area contributed by atoms with Crippen molar-refractivity contribution < 1.29 is 13.9 Å². The molecule has 1 unspecified atom stereocenters. The number of rotatable bonds is 5. The van der Waals surface area contributed by atoms with Crippen LogP contribution in [-0.2, 0) is 15.1 Å². The number of methoxy groups -OCH3 is 1. The fourth-order valence-corrected chi connectivity index (χ4v) is 1.63. The average Bonchev–Trinajstić information content (AvgIpc) is 2.72. The molecule has 4 nitrogen and oxygen atoms in total. The summed E-state index contributed by atoms with van der Waals surface area (Å²) in [5.41, 5.74) is -1.00. The number of ether oxygens (including phenoxy) is 1. The van der Waals surface area contributed by atoms with Gasteiger partial charge >= 0.3 is 5.97 Å². The lowest BCUT2D eigenvalue weighted by Crippen LogP contribution is -2.47. The van der Waals surface area contributed by atoms with Crippen LogP contribution < -0.4 is 5.32 Å². The highest BCUT2D eigenvalue weighted by molar-refractivity contribution is 9.10. The molecule has 0 radical (unpaired) electrons. The van der Waals surface area contributed by atoms with Gasteiger partial charge in [-0.25, -0.2) is 4.79 Å². The molecule has 0 fully saturated rings. The van der Waals surface area contributed by atoms with Gasteiger partial charge in [-0.3, -0.25) is 5.32 Å². The lowest BCUT2D eigenvalue weighted by Gasteiger charge is -2.25. The zero-order valence-corrected chi connectivity index (χ0v) is 10.8. The van der Waals surface area contributed by atoms with E-state index in [1.165, 1.54) is 7.11 Å². The van der Waals surface area contributed by atoms with Crippen molar-refractivity contribution in [3.8, 4) is 0 Å². The van der Waals surface area contributed by atoms with E-state index < -0.39 is 11.5 Å². The van der Waals surface area contributed by atoms with Crippen LogP contribution in [0.5, 0.6) is 0 Å². The maximum absolute atomic E-state index is 11.8. The van der Waals surface area contributed by atoms with Crippen LogP contribution in [0.2, 0.25) is 0 Å². The molecule has 0 spiro atoms. The minimum atomic E-state index is -1.00. The minimum Gasteiger partial charge on any atom is -0.467 e. The van der Waals surface area contributed by atoms with Crippen molar-refractivity contribution in [2.24, 2.45) is 0 Å². The number of hydrogen-bond donors (Lipinski definition) is 1. The Morgan fingerprint density at radius 3 is 2.88 bits per heavy atom. The maximum Gasteiger partial charge on any atom is 0.333 e. The fourth-order valence-electron chi connectivity index (χ4n) is 1.32. The number of carbonyl (C=O) groups excluding carboxylic acids is 1. The minimum absolute atomic E-state index is 0.406. The first-order valence-electron chi connectivity index (χ1n) is 4.74. The first kappa shape index (κ1) is 13.0. The Kier molecular flexibility index (Phi) is 4.32. The summed E-state index contributed by atoms with van der Waals surface area (Å²) in [6.07, 6.45) is 1.67. The zero-order valence-electron chi connectivity index (χ0n) is 9.25. The van der Waals surface area contributed by atoms with Crippen molar-refractivity contribution in [1.82, 2.24) is 5.32 Å². The summed E-state index contributed by atoms with van der Waals surface area (Å²) in [4.78, 5) is 11.8. The molecule has 0 aliphatic carbocycles. The summed E-state index contributed by atoms with van der Waals surface area (Å²) < 4.78 is 10.7. The summed E-state index contributed by atoms with van der Waals surface area (Å²) >= 11 is 3.20. The van der Waals surface area contributed by atoms with E-state index in [1.54, 1.807) is 25.1 Å². The normalized spacial score (nSPS) is 14.2. The zero-order chi connectivity index (χ0) is 12.2. The Labute approximate surface area is 103 Å². The molecule has 0 aliphatic rings. The van der Waals surface area contributed by atoms with Crippen LogP contribution in [0.15, 0.2) is 33.9 Å². The molecule has 0 aromatic carbocycles. The van der Waals surface area contributed by atoms with E-state index in [1.807, 2.05) is 0 Å². The second kappa shape index (κ2) is 5.32. The SMILES string of the molecule is C=CCNC(C)(C(=O)OC)c1ccc(Br)o1. The monoisotopic (exact) mass is 287 g/mol. The lowest BCUT2D eigenvalue weighted by atomic mass is 9.99. The van der Waals surface area contributed by atoms with Crippen molar-refractivity contribution >= 4 is 21.9 Å². The Morgan fingerprint density at radius 2 is 2.44 bits per heavy atom. The summed E-state index contributed by atoms with van der Waals surface area (Å²) in [5.74, 6) is 0.0873. The van der Waals surface area contributed by atoms with E-state index in [0.29, 0.717) is 17.0 Å². The molecule has 5 heteroatoms. The highest BCUT2D eigenvalue weighted by Gasteiger charge is 2.38. The Hall–Kier alpha value is -1.07. The summed E-state index contributed by atoms with van der Waals surface area (Å²) in [5, 5.41) is 3.02. The number of furan rings is 1. The molecule has 0 amide bonds. The predicted molar refractivity (Wildman–Crippen MR) is 64.0 cm³/mol. The number of nitrogens with one attached hydrogen (secondary N) is 1. The van der Waals surface area contributed by atoms with Gasteiger partial charge in [-0.2, -0.15) is 0 Å². The van der Waals surface area contributed by atoms with Crippen molar-refractivity contribution in [2.75, 3.05) is 13.7 Å². The topological polar surface area (TPSA) is 51.5 Å². The molecule has 16 heavy (non-hydrogen) atoms. The standard InChI is InChI=1S/C11H14BrNO3/c1-4-7-13-11(2,10(14)15-3)8-5-6-9(12)16-8/h4-6,13H,1,7H2,2-3H3. The molecule has 0 saturated carbocycles. The second-order valence-corrected chi connectivity index (χ2v) is 4.17. The van der Waals surface area contributed by atoms with E-state index in [9.17, 15) is 4.79 Å². The van der Waals surface area contributed by atoms with Crippen molar-refractivity contribution in [3.05, 3.63) is 35.2 Å². The molecule has 1 aromatic heterocycles. The number of esters is 1. The molecule has 1 rings (SSSR count). The number of carbonyl (C=O) groups is 1. The molecule has 1 aromatic rings. The van der Waals surface area contributed by atoms with Crippen LogP contribution in [0.1, 0.15) is 12.7 Å². The van der Waals surface area contributed by atoms with Gasteiger partial charge in [-0.15, -0.1) is 6.58 Å². The highest BCUT2D eigenvalue weighted by Crippen LogP contribution is 2.26. The lowest BCUT2D eigenvalue weighted by molar-refractivity contribution is -0.149. The van der Waals surface area contributed by atoms with Gasteiger partial charge in [0.15, 0.2) is 10.2 Å². The smallest absolute Gasteiger partial charge is 0.333 e. The first-order valence-corrected chi connectivity index (χ1v) is 5.54. The maximum atomic E-state index is 11.8.